The molecule has 1 aromatic rings. The summed E-state index contributed by atoms with van der Waals surface area (Å²) in [6.07, 6.45) is 1.85. The number of aliphatic imine (C=N–C) groups is 1. The summed E-state index contributed by atoms with van der Waals surface area (Å²) >= 11 is 0. The maximum Gasteiger partial charge on any atom is 0.159 e. The molecule has 0 bridgehead atoms. The van der Waals surface area contributed by atoms with E-state index in [2.05, 4.69) is 26.8 Å². The van der Waals surface area contributed by atoms with Crippen LogP contribution in [-0.2, 0) is 7.05 Å². The van der Waals surface area contributed by atoms with Crippen LogP contribution in [0.4, 0.5) is 5.82 Å². The first-order valence-corrected chi connectivity index (χ1v) is 4.79. The number of aryl methyl sites for hydroxylation is 1. The lowest BCUT2D eigenvalue weighted by atomic mass is 10.3. The quantitative estimate of drug-likeness (QED) is 0.574. The van der Waals surface area contributed by atoms with Gasteiger partial charge < -0.3 is 14.4 Å². The Morgan fingerprint density at radius 3 is 3.07 bits per heavy atom. The minimum Gasteiger partial charge on any atom is -0.340 e. The van der Waals surface area contributed by atoms with Gasteiger partial charge in [-0.15, -0.1) is 0 Å². The molecule has 5 heteroatoms. The van der Waals surface area contributed by atoms with E-state index in [-0.39, 0.29) is 0 Å². The minimum atomic E-state index is 0.906. The summed E-state index contributed by atoms with van der Waals surface area (Å²) in [4.78, 5) is 13.4. The predicted octanol–water partition coefficient (Wildman–Crippen LogP) is -0.110. The van der Waals surface area contributed by atoms with Gasteiger partial charge in [0.1, 0.15) is 5.69 Å². The van der Waals surface area contributed by atoms with Gasteiger partial charge in [0, 0.05) is 20.6 Å². The van der Waals surface area contributed by atoms with Crippen molar-refractivity contribution in [2.24, 2.45) is 12.0 Å². The molecule has 0 aromatic carbocycles. The van der Waals surface area contributed by atoms with E-state index in [1.165, 1.54) is 0 Å². The summed E-state index contributed by atoms with van der Waals surface area (Å²) in [6, 6.07) is 0. The first-order valence-electron chi connectivity index (χ1n) is 4.79. The van der Waals surface area contributed by atoms with Crippen LogP contribution in [0.2, 0.25) is 0 Å². The molecule has 0 N–H and O–H groups in total. The predicted molar refractivity (Wildman–Crippen MR) is 54.6 cm³/mol. The Hall–Kier alpha value is -1.52. The summed E-state index contributed by atoms with van der Waals surface area (Å²) in [5.41, 5.74) is 1.15. The second-order valence-corrected chi connectivity index (χ2v) is 3.84. The zero-order valence-corrected chi connectivity index (χ0v) is 8.43. The van der Waals surface area contributed by atoms with Crippen LogP contribution in [0.5, 0.6) is 0 Å². The third-order valence-electron chi connectivity index (χ3n) is 2.80. The van der Waals surface area contributed by atoms with Gasteiger partial charge in [-0.2, -0.15) is 0 Å². The standard InChI is InChI=1S/C9H13N5/c1-12-5-11-8-7(12)9-10-3-4-14(9)6-13(8)2/h5H,3-4,6H2,1-2H3. The van der Waals surface area contributed by atoms with E-state index in [4.69, 9.17) is 0 Å². The molecule has 0 spiro atoms. The number of amidine groups is 1. The average Bonchev–Trinajstić information content (AvgIpc) is 2.71. The SMILES string of the molecule is CN1CN2CCN=C2c2c1ncn2C. The molecule has 3 heterocycles. The smallest absolute Gasteiger partial charge is 0.159 e. The Balaban J connectivity index is 2.20. The van der Waals surface area contributed by atoms with E-state index < -0.39 is 0 Å². The van der Waals surface area contributed by atoms with Crippen molar-refractivity contribution in [3.8, 4) is 0 Å². The van der Waals surface area contributed by atoms with E-state index in [1.807, 2.05) is 17.9 Å². The van der Waals surface area contributed by atoms with Gasteiger partial charge in [0.2, 0.25) is 0 Å². The van der Waals surface area contributed by atoms with Crippen molar-refractivity contribution in [2.75, 3.05) is 31.7 Å². The summed E-state index contributed by atoms with van der Waals surface area (Å²) in [5.74, 6) is 2.16. The number of rotatable bonds is 0. The Kier molecular flexibility index (Phi) is 1.40. The lowest BCUT2D eigenvalue weighted by Crippen LogP contribution is -2.44. The lowest BCUT2D eigenvalue weighted by molar-refractivity contribution is 0.447. The van der Waals surface area contributed by atoms with Crippen molar-refractivity contribution in [1.29, 1.82) is 0 Å². The Labute approximate surface area is 82.7 Å². The van der Waals surface area contributed by atoms with Crippen molar-refractivity contribution in [3.05, 3.63) is 12.0 Å². The first-order chi connectivity index (χ1) is 6.77. The zero-order chi connectivity index (χ0) is 9.71. The molecule has 2 aliphatic heterocycles. The second kappa shape index (κ2) is 2.50. The van der Waals surface area contributed by atoms with Crippen LogP contribution in [0.3, 0.4) is 0 Å². The highest BCUT2D eigenvalue weighted by Crippen LogP contribution is 2.26. The number of imidazole rings is 1. The van der Waals surface area contributed by atoms with Gasteiger partial charge in [-0.05, 0) is 0 Å². The largest absolute Gasteiger partial charge is 0.340 e. The van der Waals surface area contributed by atoms with Crippen LogP contribution in [0.15, 0.2) is 11.3 Å². The lowest BCUT2D eigenvalue weighted by Gasteiger charge is -2.32. The molecule has 0 amide bonds. The number of hydrogen-bond donors (Lipinski definition) is 0. The number of hydrogen-bond acceptors (Lipinski definition) is 4. The number of aromatic nitrogens is 2. The van der Waals surface area contributed by atoms with Crippen LogP contribution >= 0.6 is 0 Å². The van der Waals surface area contributed by atoms with Gasteiger partial charge in [-0.1, -0.05) is 0 Å². The summed E-state index contributed by atoms with van der Waals surface area (Å²) in [5, 5.41) is 0. The van der Waals surface area contributed by atoms with Crippen molar-refractivity contribution in [2.45, 2.75) is 0 Å². The van der Waals surface area contributed by atoms with Crippen molar-refractivity contribution in [1.82, 2.24) is 14.5 Å². The Morgan fingerprint density at radius 2 is 2.21 bits per heavy atom. The molecule has 3 rings (SSSR count). The third kappa shape index (κ3) is 0.840. The molecule has 0 saturated carbocycles. The summed E-state index contributed by atoms with van der Waals surface area (Å²) in [7, 11) is 4.09. The highest BCUT2D eigenvalue weighted by molar-refractivity contribution is 6.03. The van der Waals surface area contributed by atoms with Gasteiger partial charge in [0.25, 0.3) is 0 Å². The highest BCUT2D eigenvalue weighted by atomic mass is 15.4. The molecule has 5 nitrogen and oxygen atoms in total. The zero-order valence-electron chi connectivity index (χ0n) is 8.43. The summed E-state index contributed by atoms with van der Waals surface area (Å²) < 4.78 is 2.04. The van der Waals surface area contributed by atoms with Crippen LogP contribution in [-0.4, -0.2) is 47.1 Å². The van der Waals surface area contributed by atoms with E-state index in [9.17, 15) is 0 Å². The molecule has 0 radical (unpaired) electrons. The van der Waals surface area contributed by atoms with Crippen LogP contribution in [0.1, 0.15) is 5.69 Å². The molecule has 2 aliphatic rings. The monoisotopic (exact) mass is 191 g/mol. The van der Waals surface area contributed by atoms with E-state index in [0.717, 1.165) is 37.1 Å². The fourth-order valence-corrected chi connectivity index (χ4v) is 2.12. The number of nitrogens with zero attached hydrogens (tertiary/aromatic N) is 5. The van der Waals surface area contributed by atoms with E-state index in [1.54, 1.807) is 0 Å². The molecular weight excluding hydrogens is 178 g/mol. The normalized spacial score (nSPS) is 19.4. The first kappa shape index (κ1) is 7.84. The second-order valence-electron chi connectivity index (χ2n) is 3.84. The fraction of sp³-hybridized carbons (Fsp3) is 0.556. The maximum atomic E-state index is 4.52. The third-order valence-corrected chi connectivity index (χ3v) is 2.80. The van der Waals surface area contributed by atoms with Crippen LogP contribution < -0.4 is 4.90 Å². The number of fused-ring (bicyclic) bond motifs is 3. The number of anilines is 1. The van der Waals surface area contributed by atoms with Gasteiger partial charge in [-0.3, -0.25) is 4.99 Å². The molecule has 0 saturated heterocycles. The molecule has 74 valence electrons. The molecule has 0 aliphatic carbocycles. The van der Waals surface area contributed by atoms with Crippen LogP contribution in [0.25, 0.3) is 0 Å². The van der Waals surface area contributed by atoms with Gasteiger partial charge in [0.05, 0.1) is 19.5 Å². The van der Waals surface area contributed by atoms with Crippen molar-refractivity contribution >= 4 is 11.7 Å². The van der Waals surface area contributed by atoms with Gasteiger partial charge in [-0.25, -0.2) is 4.98 Å². The molecule has 0 fully saturated rings. The van der Waals surface area contributed by atoms with Crippen molar-refractivity contribution < 1.29 is 0 Å². The van der Waals surface area contributed by atoms with Crippen molar-refractivity contribution in [3.63, 3.8) is 0 Å². The van der Waals surface area contributed by atoms with Crippen LogP contribution in [0, 0.1) is 0 Å². The summed E-state index contributed by atoms with van der Waals surface area (Å²) in [6.45, 7) is 2.85. The maximum absolute atomic E-state index is 4.52. The topological polar surface area (TPSA) is 36.7 Å². The molecule has 14 heavy (non-hydrogen) atoms. The fourth-order valence-electron chi connectivity index (χ4n) is 2.12. The van der Waals surface area contributed by atoms with E-state index in [0.29, 0.717) is 0 Å². The highest BCUT2D eigenvalue weighted by Gasteiger charge is 2.31. The molecular formula is C9H13N5. The average molecular weight is 191 g/mol. The minimum absolute atomic E-state index is 0.906. The molecule has 0 unspecified atom stereocenters. The molecule has 0 atom stereocenters. The van der Waals surface area contributed by atoms with E-state index >= 15 is 0 Å². The Morgan fingerprint density at radius 1 is 1.36 bits per heavy atom. The Bertz CT molecular complexity index is 405. The van der Waals surface area contributed by atoms with Gasteiger partial charge in [0.15, 0.2) is 11.7 Å². The van der Waals surface area contributed by atoms with Gasteiger partial charge >= 0.3 is 0 Å². The molecule has 1 aromatic heterocycles.